The molecule has 0 bridgehead atoms. The van der Waals surface area contributed by atoms with Crippen LogP contribution in [0.3, 0.4) is 0 Å². The quantitative estimate of drug-likeness (QED) is 0.241. The van der Waals surface area contributed by atoms with E-state index >= 15 is 0 Å². The number of hydrogen-bond donors (Lipinski definition) is 4. The van der Waals surface area contributed by atoms with Crippen LogP contribution in [0.1, 0.15) is 103 Å². The molecule has 0 saturated carbocycles. The second-order valence-electron chi connectivity index (χ2n) is 9.52. The van der Waals surface area contributed by atoms with Crippen molar-refractivity contribution in [1.82, 2.24) is 9.55 Å². The van der Waals surface area contributed by atoms with Crippen molar-refractivity contribution in [2.75, 3.05) is 0 Å². The number of unbranched alkanes of at least 4 members (excludes halogenated alkanes) is 12. The second-order valence-corrected chi connectivity index (χ2v) is 9.52. The molecule has 1 unspecified atom stereocenters. The second kappa shape index (κ2) is 15.3. The number of aliphatic hydroxyl groups excluding tert-OH is 3. The molecule has 0 amide bonds. The van der Waals surface area contributed by atoms with Crippen LogP contribution in [-0.4, -0.2) is 55.1 Å². The highest BCUT2D eigenvalue weighted by atomic mass is 19.1. The number of nitrogens with one attached hydrogen (secondary N) is 1. The summed E-state index contributed by atoms with van der Waals surface area (Å²) in [5.74, 6) is -1.82. The molecule has 200 valence electrons. The fourth-order valence-corrected chi connectivity index (χ4v) is 4.47. The first-order chi connectivity index (χ1) is 16.8. The monoisotopic (exact) mass is 500 g/mol. The number of carbonyl (C=O) groups excluding carboxylic acids is 1. The molecule has 2 rings (SSSR count). The summed E-state index contributed by atoms with van der Waals surface area (Å²) in [5.41, 5.74) is -2.29. The van der Waals surface area contributed by atoms with E-state index in [0.717, 1.165) is 19.3 Å². The first-order valence-electron chi connectivity index (χ1n) is 13.0. The zero-order chi connectivity index (χ0) is 25.8. The molecule has 1 aromatic rings. The van der Waals surface area contributed by atoms with Crippen molar-refractivity contribution < 1.29 is 29.2 Å². The van der Waals surface area contributed by atoms with Gasteiger partial charge in [0, 0.05) is 6.42 Å². The van der Waals surface area contributed by atoms with E-state index in [4.69, 9.17) is 4.74 Å². The third kappa shape index (κ3) is 8.93. The number of ether oxygens (including phenoxy) is 1. The highest BCUT2D eigenvalue weighted by Crippen LogP contribution is 2.31. The predicted molar refractivity (Wildman–Crippen MR) is 129 cm³/mol. The van der Waals surface area contributed by atoms with Crippen LogP contribution in [0.4, 0.5) is 4.39 Å². The highest BCUT2D eigenvalue weighted by Gasteiger charge is 2.48. The smallest absolute Gasteiger partial charge is 0.330 e. The van der Waals surface area contributed by atoms with Gasteiger partial charge in [-0.1, -0.05) is 84.0 Å². The molecule has 35 heavy (non-hydrogen) atoms. The Bertz CT molecular complexity index is 887. The van der Waals surface area contributed by atoms with E-state index in [2.05, 4.69) is 6.92 Å². The van der Waals surface area contributed by atoms with E-state index in [1.54, 1.807) is 4.98 Å². The van der Waals surface area contributed by atoms with Gasteiger partial charge in [0.2, 0.25) is 5.82 Å². The summed E-state index contributed by atoms with van der Waals surface area (Å²) in [4.78, 5) is 37.3. The van der Waals surface area contributed by atoms with Crippen LogP contribution in [0.5, 0.6) is 0 Å². The summed E-state index contributed by atoms with van der Waals surface area (Å²) in [6, 6.07) is 0. The van der Waals surface area contributed by atoms with E-state index in [1.165, 1.54) is 57.8 Å². The molecule has 0 aromatic carbocycles. The fraction of sp³-hybridized carbons (Fsp3) is 0.800. The Labute approximate surface area is 205 Å². The molecule has 1 aromatic heterocycles. The number of carbonyl (C=O) groups is 1. The van der Waals surface area contributed by atoms with E-state index in [1.807, 2.05) is 0 Å². The van der Waals surface area contributed by atoms with Crippen molar-refractivity contribution in [1.29, 1.82) is 0 Å². The number of aromatic amines is 1. The van der Waals surface area contributed by atoms with Crippen LogP contribution in [0, 0.1) is 5.82 Å². The Kier molecular flexibility index (Phi) is 12.8. The van der Waals surface area contributed by atoms with Gasteiger partial charge in [0.15, 0.2) is 12.0 Å². The fourth-order valence-electron chi connectivity index (χ4n) is 4.47. The van der Waals surface area contributed by atoms with Gasteiger partial charge in [0.25, 0.3) is 5.56 Å². The van der Waals surface area contributed by atoms with Gasteiger partial charge in [-0.3, -0.25) is 19.1 Å². The predicted octanol–water partition coefficient (Wildman–Crippen LogP) is 2.71. The Morgan fingerprint density at radius 3 is 2.03 bits per heavy atom. The zero-order valence-electron chi connectivity index (χ0n) is 20.7. The Hall–Kier alpha value is -1.88. The maximum atomic E-state index is 13.6. The van der Waals surface area contributed by atoms with Gasteiger partial charge >= 0.3 is 5.69 Å². The van der Waals surface area contributed by atoms with Crippen LogP contribution in [0.25, 0.3) is 0 Å². The average Bonchev–Trinajstić information content (AvgIpc) is 3.12. The van der Waals surface area contributed by atoms with Crippen molar-refractivity contribution in [3.8, 4) is 0 Å². The van der Waals surface area contributed by atoms with Gasteiger partial charge < -0.3 is 20.1 Å². The lowest BCUT2D eigenvalue weighted by atomic mass is 9.98. The molecule has 1 fully saturated rings. The van der Waals surface area contributed by atoms with Crippen LogP contribution < -0.4 is 11.2 Å². The minimum Gasteiger partial charge on any atom is -0.387 e. The van der Waals surface area contributed by atoms with Gasteiger partial charge in [-0.2, -0.15) is 4.39 Å². The molecule has 2 heterocycles. The maximum absolute atomic E-state index is 13.6. The zero-order valence-corrected chi connectivity index (χ0v) is 20.7. The van der Waals surface area contributed by atoms with Crippen LogP contribution in [-0.2, 0) is 9.53 Å². The highest BCUT2D eigenvalue weighted by molar-refractivity contribution is 5.83. The molecule has 0 aliphatic carbocycles. The molecule has 1 saturated heterocycles. The number of Topliss-reactive ketones (excluding diaryl/α,β-unsaturated/α-hetero) is 1. The molecular weight excluding hydrogens is 459 g/mol. The van der Waals surface area contributed by atoms with Crippen molar-refractivity contribution in [3.05, 3.63) is 32.9 Å². The molecule has 1 aliphatic rings. The molecule has 5 atom stereocenters. The number of ketones is 1. The number of halogens is 1. The summed E-state index contributed by atoms with van der Waals surface area (Å²) in [7, 11) is 0. The van der Waals surface area contributed by atoms with Gasteiger partial charge in [0.05, 0.1) is 6.20 Å². The first kappa shape index (κ1) is 29.4. The SMILES string of the molecule is CCCCCCCCCCCCCCCC(=O)C(O)[C@H]1O[C@@H](n2cc(F)c(=O)[nH]c2=O)[C@H](O)[C@@H]1O. The van der Waals surface area contributed by atoms with Crippen molar-refractivity contribution in [2.24, 2.45) is 0 Å². The lowest BCUT2D eigenvalue weighted by Gasteiger charge is -2.20. The van der Waals surface area contributed by atoms with Crippen molar-refractivity contribution in [3.63, 3.8) is 0 Å². The summed E-state index contributed by atoms with van der Waals surface area (Å²) < 4.78 is 19.5. The number of aromatic nitrogens is 2. The molecule has 9 nitrogen and oxygen atoms in total. The molecule has 0 spiro atoms. The van der Waals surface area contributed by atoms with Crippen molar-refractivity contribution in [2.45, 2.75) is 127 Å². The molecule has 1 aliphatic heterocycles. The molecule has 4 N–H and O–H groups in total. The number of H-pyrrole nitrogens is 1. The molecule has 0 radical (unpaired) electrons. The summed E-state index contributed by atoms with van der Waals surface area (Å²) in [6.07, 6.45) is 7.63. The van der Waals surface area contributed by atoms with E-state index in [0.29, 0.717) is 17.2 Å². The Morgan fingerprint density at radius 2 is 1.49 bits per heavy atom. The largest absolute Gasteiger partial charge is 0.387 e. The number of nitrogens with zero attached hydrogens (tertiary/aromatic N) is 1. The normalized spacial score (nSPS) is 23.0. The first-order valence-corrected chi connectivity index (χ1v) is 13.0. The summed E-state index contributed by atoms with van der Waals surface area (Å²) >= 11 is 0. The standard InChI is InChI=1S/C25H41FN2O7/c1-2-3-4-5-6-7-8-9-10-11-12-13-14-15-18(29)19(30)22-20(31)21(32)24(35-22)28-16-17(26)23(33)27-25(28)34/h16,19-22,24,30-32H,2-15H2,1H3,(H,27,33,34)/t19?,20-,21+,22+,24+/m0/s1. The molecular formula is C25H41FN2O7. The lowest BCUT2D eigenvalue weighted by molar-refractivity contribution is -0.141. The van der Waals surface area contributed by atoms with Gasteiger partial charge in [-0.15, -0.1) is 0 Å². The topological polar surface area (TPSA) is 142 Å². The lowest BCUT2D eigenvalue weighted by Crippen LogP contribution is -2.43. The minimum atomic E-state index is -1.71. The third-order valence-corrected chi connectivity index (χ3v) is 6.64. The minimum absolute atomic E-state index is 0.0967. The summed E-state index contributed by atoms with van der Waals surface area (Å²) in [5, 5.41) is 30.8. The van der Waals surface area contributed by atoms with E-state index < -0.39 is 53.5 Å². The van der Waals surface area contributed by atoms with E-state index in [9.17, 15) is 34.1 Å². The number of aliphatic hydroxyl groups is 3. The number of hydrogen-bond acceptors (Lipinski definition) is 7. The Morgan fingerprint density at radius 1 is 0.971 bits per heavy atom. The van der Waals surface area contributed by atoms with E-state index in [-0.39, 0.29) is 6.42 Å². The molecule has 10 heteroatoms. The van der Waals surface area contributed by atoms with Gasteiger partial charge in [-0.25, -0.2) is 4.79 Å². The van der Waals surface area contributed by atoms with Crippen LogP contribution >= 0.6 is 0 Å². The summed E-state index contributed by atoms with van der Waals surface area (Å²) in [6.45, 7) is 2.22. The van der Waals surface area contributed by atoms with Crippen molar-refractivity contribution >= 4 is 5.78 Å². The number of rotatable bonds is 17. The average molecular weight is 501 g/mol. The van der Waals surface area contributed by atoms with Crippen LogP contribution in [0.2, 0.25) is 0 Å². The Balaban J connectivity index is 1.66. The van der Waals surface area contributed by atoms with Gasteiger partial charge in [0.1, 0.15) is 24.4 Å². The van der Waals surface area contributed by atoms with Gasteiger partial charge in [-0.05, 0) is 6.42 Å². The maximum Gasteiger partial charge on any atom is 0.330 e. The van der Waals surface area contributed by atoms with Crippen LogP contribution in [0.15, 0.2) is 15.8 Å². The third-order valence-electron chi connectivity index (χ3n) is 6.64.